The van der Waals surface area contributed by atoms with Gasteiger partial charge in [-0.15, -0.1) is 0 Å². The third kappa shape index (κ3) is 4.46. The Labute approximate surface area is 139 Å². The summed E-state index contributed by atoms with van der Waals surface area (Å²) in [5, 5.41) is 2.95. The quantitative estimate of drug-likeness (QED) is 0.806. The van der Waals surface area contributed by atoms with Crippen molar-refractivity contribution in [1.82, 2.24) is 5.32 Å². The maximum atomic E-state index is 12.0. The SMILES string of the molecule is COc1ccc(/C=C/C(=O)N[C@H](C)c2ccccc2Br)cc1. The van der Waals surface area contributed by atoms with Crippen molar-refractivity contribution in [2.75, 3.05) is 7.11 Å². The van der Waals surface area contributed by atoms with Crippen molar-refractivity contribution in [3.8, 4) is 5.75 Å². The van der Waals surface area contributed by atoms with E-state index < -0.39 is 0 Å². The molecule has 0 aromatic heterocycles. The van der Waals surface area contributed by atoms with Crippen LogP contribution in [0.1, 0.15) is 24.1 Å². The van der Waals surface area contributed by atoms with Gasteiger partial charge < -0.3 is 10.1 Å². The molecule has 2 aromatic rings. The summed E-state index contributed by atoms with van der Waals surface area (Å²) in [6.07, 6.45) is 3.32. The molecule has 0 heterocycles. The Morgan fingerprint density at radius 3 is 2.50 bits per heavy atom. The minimum absolute atomic E-state index is 0.0661. The van der Waals surface area contributed by atoms with Crippen LogP contribution in [0.4, 0.5) is 0 Å². The molecular formula is C18H18BrNO2. The van der Waals surface area contributed by atoms with E-state index in [1.165, 1.54) is 6.08 Å². The van der Waals surface area contributed by atoms with Crippen LogP contribution in [0, 0.1) is 0 Å². The van der Waals surface area contributed by atoms with E-state index in [1.54, 1.807) is 13.2 Å². The van der Waals surface area contributed by atoms with Gasteiger partial charge in [0.2, 0.25) is 5.91 Å². The number of methoxy groups -OCH3 is 1. The normalized spacial score (nSPS) is 12.1. The Morgan fingerprint density at radius 2 is 1.86 bits per heavy atom. The monoisotopic (exact) mass is 359 g/mol. The summed E-state index contributed by atoms with van der Waals surface area (Å²) in [4.78, 5) is 12.0. The van der Waals surface area contributed by atoms with E-state index in [0.29, 0.717) is 0 Å². The first kappa shape index (κ1) is 16.3. The van der Waals surface area contributed by atoms with Crippen molar-refractivity contribution in [1.29, 1.82) is 0 Å². The molecule has 0 spiro atoms. The second-order valence-corrected chi connectivity index (χ2v) is 5.71. The lowest BCUT2D eigenvalue weighted by molar-refractivity contribution is -0.117. The van der Waals surface area contributed by atoms with Gasteiger partial charge in [-0.1, -0.05) is 46.3 Å². The predicted molar refractivity (Wildman–Crippen MR) is 92.7 cm³/mol. The average Bonchev–Trinajstić information content (AvgIpc) is 2.53. The Balaban J connectivity index is 1.97. The summed E-state index contributed by atoms with van der Waals surface area (Å²) < 4.78 is 6.09. The zero-order valence-electron chi connectivity index (χ0n) is 12.5. The van der Waals surface area contributed by atoms with Crippen LogP contribution in [-0.2, 0) is 4.79 Å². The summed E-state index contributed by atoms with van der Waals surface area (Å²) in [6, 6.07) is 15.3. The lowest BCUT2D eigenvalue weighted by Gasteiger charge is -2.14. The number of nitrogens with one attached hydrogen (secondary N) is 1. The van der Waals surface area contributed by atoms with Gasteiger partial charge in [-0.05, 0) is 42.3 Å². The zero-order valence-corrected chi connectivity index (χ0v) is 14.1. The van der Waals surface area contributed by atoms with Gasteiger partial charge in [0.05, 0.1) is 13.2 Å². The standard InChI is InChI=1S/C18H18BrNO2/c1-13(16-5-3-4-6-17(16)19)20-18(21)12-9-14-7-10-15(22-2)11-8-14/h3-13H,1-2H3,(H,20,21)/b12-9+/t13-/m1/s1. The number of hydrogen-bond acceptors (Lipinski definition) is 2. The van der Waals surface area contributed by atoms with Gasteiger partial charge in [0, 0.05) is 10.5 Å². The van der Waals surface area contributed by atoms with Crippen molar-refractivity contribution in [2.45, 2.75) is 13.0 Å². The molecule has 3 nitrogen and oxygen atoms in total. The predicted octanol–water partition coefficient (Wildman–Crippen LogP) is 4.35. The van der Waals surface area contributed by atoms with Crippen LogP contribution in [0.25, 0.3) is 6.08 Å². The first-order chi connectivity index (χ1) is 10.6. The minimum atomic E-state index is -0.126. The topological polar surface area (TPSA) is 38.3 Å². The van der Waals surface area contributed by atoms with Crippen molar-refractivity contribution >= 4 is 27.9 Å². The highest BCUT2D eigenvalue weighted by Gasteiger charge is 2.10. The molecule has 0 saturated heterocycles. The fourth-order valence-electron chi connectivity index (χ4n) is 2.05. The molecule has 0 radical (unpaired) electrons. The van der Waals surface area contributed by atoms with E-state index in [2.05, 4.69) is 21.2 Å². The van der Waals surface area contributed by atoms with Crippen molar-refractivity contribution in [2.24, 2.45) is 0 Å². The van der Waals surface area contributed by atoms with Gasteiger partial charge in [0.25, 0.3) is 0 Å². The first-order valence-corrected chi connectivity index (χ1v) is 7.76. The Kier molecular flexibility index (Phi) is 5.78. The number of amides is 1. The van der Waals surface area contributed by atoms with Gasteiger partial charge >= 0.3 is 0 Å². The number of hydrogen-bond donors (Lipinski definition) is 1. The molecule has 0 fully saturated rings. The van der Waals surface area contributed by atoms with Crippen LogP contribution in [0.3, 0.4) is 0 Å². The maximum Gasteiger partial charge on any atom is 0.244 e. The average molecular weight is 360 g/mol. The van der Waals surface area contributed by atoms with Gasteiger partial charge in [-0.2, -0.15) is 0 Å². The van der Waals surface area contributed by atoms with Gasteiger partial charge in [-0.3, -0.25) is 4.79 Å². The van der Waals surface area contributed by atoms with Gasteiger partial charge in [0.15, 0.2) is 0 Å². The number of carbonyl (C=O) groups is 1. The summed E-state index contributed by atoms with van der Waals surface area (Å²) in [6.45, 7) is 1.96. The molecular weight excluding hydrogens is 342 g/mol. The fraction of sp³-hybridized carbons (Fsp3) is 0.167. The van der Waals surface area contributed by atoms with Crippen molar-refractivity contribution in [3.63, 3.8) is 0 Å². The summed E-state index contributed by atoms with van der Waals surface area (Å²) in [7, 11) is 1.63. The van der Waals surface area contributed by atoms with Gasteiger partial charge in [0.1, 0.15) is 5.75 Å². The van der Waals surface area contributed by atoms with Crippen LogP contribution in [0.2, 0.25) is 0 Å². The lowest BCUT2D eigenvalue weighted by atomic mass is 10.1. The second-order valence-electron chi connectivity index (χ2n) is 4.86. The highest BCUT2D eigenvalue weighted by molar-refractivity contribution is 9.10. The van der Waals surface area contributed by atoms with E-state index in [1.807, 2.05) is 55.5 Å². The highest BCUT2D eigenvalue weighted by Crippen LogP contribution is 2.22. The van der Waals surface area contributed by atoms with E-state index in [4.69, 9.17) is 4.74 Å². The number of carbonyl (C=O) groups excluding carboxylic acids is 1. The first-order valence-electron chi connectivity index (χ1n) is 6.97. The van der Waals surface area contributed by atoms with E-state index in [0.717, 1.165) is 21.3 Å². The summed E-state index contributed by atoms with van der Waals surface area (Å²) >= 11 is 3.49. The molecule has 1 atom stereocenters. The van der Waals surface area contributed by atoms with Crippen LogP contribution >= 0.6 is 15.9 Å². The lowest BCUT2D eigenvalue weighted by Crippen LogP contribution is -2.24. The molecule has 4 heteroatoms. The fourth-order valence-corrected chi connectivity index (χ4v) is 2.68. The molecule has 114 valence electrons. The molecule has 0 bridgehead atoms. The molecule has 22 heavy (non-hydrogen) atoms. The summed E-state index contributed by atoms with van der Waals surface area (Å²) in [5.74, 6) is 0.670. The van der Waals surface area contributed by atoms with E-state index in [9.17, 15) is 4.79 Å². The Morgan fingerprint density at radius 1 is 1.18 bits per heavy atom. The zero-order chi connectivity index (χ0) is 15.9. The molecule has 1 amide bonds. The number of ether oxygens (including phenoxy) is 1. The van der Waals surface area contributed by atoms with Crippen LogP contribution in [0.5, 0.6) is 5.75 Å². The smallest absolute Gasteiger partial charge is 0.244 e. The molecule has 2 rings (SSSR count). The van der Waals surface area contributed by atoms with E-state index >= 15 is 0 Å². The number of halogens is 1. The van der Waals surface area contributed by atoms with Crippen LogP contribution in [-0.4, -0.2) is 13.0 Å². The number of benzene rings is 2. The molecule has 0 aliphatic rings. The third-order valence-electron chi connectivity index (χ3n) is 3.27. The largest absolute Gasteiger partial charge is 0.497 e. The highest BCUT2D eigenvalue weighted by atomic mass is 79.9. The van der Waals surface area contributed by atoms with Crippen molar-refractivity contribution < 1.29 is 9.53 Å². The Bertz CT molecular complexity index is 665. The minimum Gasteiger partial charge on any atom is -0.497 e. The van der Waals surface area contributed by atoms with Gasteiger partial charge in [-0.25, -0.2) is 0 Å². The molecule has 2 aromatic carbocycles. The maximum absolute atomic E-state index is 12.0. The van der Waals surface area contributed by atoms with Crippen molar-refractivity contribution in [3.05, 3.63) is 70.2 Å². The molecule has 1 N–H and O–H groups in total. The van der Waals surface area contributed by atoms with Crippen LogP contribution < -0.4 is 10.1 Å². The Hall–Kier alpha value is -2.07. The van der Waals surface area contributed by atoms with Crippen LogP contribution in [0.15, 0.2) is 59.1 Å². The van der Waals surface area contributed by atoms with E-state index in [-0.39, 0.29) is 11.9 Å². The number of rotatable bonds is 5. The molecule has 0 saturated carbocycles. The second kappa shape index (κ2) is 7.80. The third-order valence-corrected chi connectivity index (χ3v) is 4.00. The molecule has 0 aliphatic heterocycles. The summed E-state index contributed by atoms with van der Waals surface area (Å²) in [5.41, 5.74) is 2.00. The molecule has 0 unspecified atom stereocenters. The molecule has 0 aliphatic carbocycles.